The highest BCUT2D eigenvalue weighted by Gasteiger charge is 2.10. The van der Waals surface area contributed by atoms with Crippen molar-refractivity contribution >= 4 is 34.5 Å². The SMILES string of the molecule is O=C(Nc1ccncc1)c1cc(COc2ccccc2Cl)cs1. The third-order valence-corrected chi connectivity index (χ3v) is 4.34. The van der Waals surface area contributed by atoms with Crippen LogP contribution in [0.25, 0.3) is 0 Å². The Kier molecular flexibility index (Phi) is 4.90. The summed E-state index contributed by atoms with van der Waals surface area (Å²) in [5.74, 6) is 0.480. The van der Waals surface area contributed by atoms with Crippen molar-refractivity contribution in [3.8, 4) is 5.75 Å². The molecule has 116 valence electrons. The largest absolute Gasteiger partial charge is 0.487 e. The van der Waals surface area contributed by atoms with Crippen LogP contribution in [-0.4, -0.2) is 10.9 Å². The highest BCUT2D eigenvalue weighted by atomic mass is 35.5. The summed E-state index contributed by atoms with van der Waals surface area (Å²) < 4.78 is 5.67. The molecule has 0 unspecified atom stereocenters. The molecule has 6 heteroatoms. The maximum absolute atomic E-state index is 12.2. The van der Waals surface area contributed by atoms with Gasteiger partial charge in [0.05, 0.1) is 9.90 Å². The first-order valence-electron chi connectivity index (χ1n) is 6.88. The molecule has 2 heterocycles. The van der Waals surface area contributed by atoms with Crippen molar-refractivity contribution in [1.82, 2.24) is 4.98 Å². The van der Waals surface area contributed by atoms with Gasteiger partial charge in [0.2, 0.25) is 0 Å². The number of thiophene rings is 1. The van der Waals surface area contributed by atoms with Gasteiger partial charge in [-0.25, -0.2) is 0 Å². The third kappa shape index (κ3) is 4.09. The molecule has 23 heavy (non-hydrogen) atoms. The number of rotatable bonds is 5. The zero-order chi connectivity index (χ0) is 16.1. The number of aromatic nitrogens is 1. The number of pyridine rings is 1. The number of amides is 1. The van der Waals surface area contributed by atoms with Gasteiger partial charge in [-0.3, -0.25) is 9.78 Å². The molecule has 1 amide bonds. The third-order valence-electron chi connectivity index (χ3n) is 3.05. The molecule has 0 fully saturated rings. The number of nitrogens with zero attached hydrogens (tertiary/aromatic N) is 1. The lowest BCUT2D eigenvalue weighted by atomic mass is 10.3. The zero-order valence-corrected chi connectivity index (χ0v) is 13.6. The Morgan fingerprint density at radius 3 is 2.78 bits per heavy atom. The van der Waals surface area contributed by atoms with Gasteiger partial charge in [0.1, 0.15) is 12.4 Å². The molecule has 2 aromatic heterocycles. The van der Waals surface area contributed by atoms with E-state index in [1.807, 2.05) is 29.6 Å². The Bertz CT molecular complexity index is 805. The minimum atomic E-state index is -0.148. The molecule has 3 aromatic rings. The van der Waals surface area contributed by atoms with E-state index < -0.39 is 0 Å². The number of benzene rings is 1. The van der Waals surface area contributed by atoms with Crippen molar-refractivity contribution in [1.29, 1.82) is 0 Å². The number of anilines is 1. The van der Waals surface area contributed by atoms with Crippen LogP contribution in [0, 0.1) is 0 Å². The van der Waals surface area contributed by atoms with Gasteiger partial charge in [0, 0.05) is 23.6 Å². The highest BCUT2D eigenvalue weighted by molar-refractivity contribution is 7.12. The van der Waals surface area contributed by atoms with Crippen LogP contribution in [0.1, 0.15) is 15.2 Å². The monoisotopic (exact) mass is 344 g/mol. The lowest BCUT2D eigenvalue weighted by Crippen LogP contribution is -2.10. The van der Waals surface area contributed by atoms with E-state index in [1.165, 1.54) is 11.3 Å². The Morgan fingerprint density at radius 1 is 1.22 bits per heavy atom. The number of carbonyl (C=O) groups is 1. The van der Waals surface area contributed by atoms with E-state index in [0.29, 0.717) is 27.9 Å². The van der Waals surface area contributed by atoms with E-state index >= 15 is 0 Å². The van der Waals surface area contributed by atoms with Crippen molar-refractivity contribution in [2.45, 2.75) is 6.61 Å². The first kappa shape index (κ1) is 15.5. The van der Waals surface area contributed by atoms with Gasteiger partial charge in [0.25, 0.3) is 5.91 Å². The number of ether oxygens (including phenoxy) is 1. The summed E-state index contributed by atoms with van der Waals surface area (Å²) in [6, 6.07) is 12.6. The van der Waals surface area contributed by atoms with Crippen LogP contribution in [0.3, 0.4) is 0 Å². The summed E-state index contributed by atoms with van der Waals surface area (Å²) in [6.45, 7) is 0.364. The van der Waals surface area contributed by atoms with Crippen molar-refractivity contribution in [3.63, 3.8) is 0 Å². The Balaban J connectivity index is 1.62. The van der Waals surface area contributed by atoms with E-state index in [4.69, 9.17) is 16.3 Å². The number of para-hydroxylation sites is 1. The first-order chi connectivity index (χ1) is 11.2. The lowest BCUT2D eigenvalue weighted by molar-refractivity contribution is 0.103. The van der Waals surface area contributed by atoms with Crippen LogP contribution in [0.4, 0.5) is 5.69 Å². The summed E-state index contributed by atoms with van der Waals surface area (Å²) >= 11 is 7.42. The highest BCUT2D eigenvalue weighted by Crippen LogP contribution is 2.25. The molecule has 0 aliphatic rings. The molecule has 0 aliphatic heterocycles. The van der Waals surface area contributed by atoms with Crippen LogP contribution >= 0.6 is 22.9 Å². The van der Waals surface area contributed by atoms with Gasteiger partial charge >= 0.3 is 0 Å². The fourth-order valence-electron chi connectivity index (χ4n) is 1.92. The number of hydrogen-bond donors (Lipinski definition) is 1. The second-order valence-electron chi connectivity index (χ2n) is 4.73. The Labute approximate surface area is 142 Å². The van der Waals surface area contributed by atoms with Crippen molar-refractivity contribution in [2.75, 3.05) is 5.32 Å². The van der Waals surface area contributed by atoms with Gasteiger partial charge in [-0.05, 0) is 35.7 Å². The number of halogens is 1. The van der Waals surface area contributed by atoms with Crippen molar-refractivity contribution in [2.24, 2.45) is 0 Å². The summed E-state index contributed by atoms with van der Waals surface area (Å²) in [7, 11) is 0. The molecule has 0 bridgehead atoms. The fourth-order valence-corrected chi connectivity index (χ4v) is 2.90. The van der Waals surface area contributed by atoms with E-state index in [9.17, 15) is 4.79 Å². The van der Waals surface area contributed by atoms with Gasteiger partial charge in [-0.15, -0.1) is 11.3 Å². The molecule has 4 nitrogen and oxygen atoms in total. The van der Waals surface area contributed by atoms with E-state index in [-0.39, 0.29) is 5.91 Å². The van der Waals surface area contributed by atoms with Gasteiger partial charge < -0.3 is 10.1 Å². The molecule has 0 saturated carbocycles. The molecule has 3 rings (SSSR count). The Hall–Kier alpha value is -2.37. The molecule has 0 atom stereocenters. The first-order valence-corrected chi connectivity index (χ1v) is 8.14. The van der Waals surface area contributed by atoms with E-state index in [1.54, 1.807) is 30.6 Å². The molecule has 0 radical (unpaired) electrons. The number of hydrogen-bond acceptors (Lipinski definition) is 4. The predicted molar refractivity (Wildman–Crippen MR) is 92.3 cm³/mol. The topological polar surface area (TPSA) is 51.2 Å². The predicted octanol–water partition coefficient (Wildman–Crippen LogP) is 4.63. The lowest BCUT2D eigenvalue weighted by Gasteiger charge is -2.06. The molecule has 0 saturated heterocycles. The van der Waals surface area contributed by atoms with Crippen LogP contribution in [0.2, 0.25) is 5.02 Å². The van der Waals surface area contributed by atoms with Gasteiger partial charge in [0.15, 0.2) is 0 Å². The molecule has 1 aromatic carbocycles. The minimum Gasteiger partial charge on any atom is -0.487 e. The smallest absolute Gasteiger partial charge is 0.265 e. The van der Waals surface area contributed by atoms with E-state index in [2.05, 4.69) is 10.3 Å². The summed E-state index contributed by atoms with van der Waals surface area (Å²) in [5, 5.41) is 5.29. The summed E-state index contributed by atoms with van der Waals surface area (Å²) in [4.78, 5) is 16.7. The summed E-state index contributed by atoms with van der Waals surface area (Å²) in [6.07, 6.45) is 3.26. The standard InChI is InChI=1S/C17H13ClN2O2S/c18-14-3-1-2-4-15(14)22-10-12-9-16(23-11-12)17(21)20-13-5-7-19-8-6-13/h1-9,11H,10H2,(H,19,20,21). The molecular formula is C17H13ClN2O2S. The second kappa shape index (κ2) is 7.26. The quantitative estimate of drug-likeness (QED) is 0.734. The molecule has 0 spiro atoms. The van der Waals surface area contributed by atoms with Crippen molar-refractivity contribution in [3.05, 3.63) is 75.7 Å². The van der Waals surface area contributed by atoms with Gasteiger partial charge in [-0.2, -0.15) is 0 Å². The average Bonchev–Trinajstić information content (AvgIpc) is 3.04. The average molecular weight is 345 g/mol. The maximum Gasteiger partial charge on any atom is 0.265 e. The van der Waals surface area contributed by atoms with Crippen molar-refractivity contribution < 1.29 is 9.53 Å². The molecular weight excluding hydrogens is 332 g/mol. The van der Waals surface area contributed by atoms with Crippen LogP contribution in [0.5, 0.6) is 5.75 Å². The van der Waals surface area contributed by atoms with Gasteiger partial charge in [-0.1, -0.05) is 23.7 Å². The summed E-state index contributed by atoms with van der Waals surface area (Å²) in [5.41, 5.74) is 1.64. The fraction of sp³-hybridized carbons (Fsp3) is 0.0588. The number of nitrogens with one attached hydrogen (secondary N) is 1. The van der Waals surface area contributed by atoms with Crippen LogP contribution < -0.4 is 10.1 Å². The van der Waals surface area contributed by atoms with E-state index in [0.717, 1.165) is 5.56 Å². The second-order valence-corrected chi connectivity index (χ2v) is 6.05. The number of carbonyl (C=O) groups excluding carboxylic acids is 1. The van der Waals surface area contributed by atoms with Crippen LogP contribution in [-0.2, 0) is 6.61 Å². The molecule has 1 N–H and O–H groups in total. The molecule has 0 aliphatic carbocycles. The zero-order valence-electron chi connectivity index (χ0n) is 12.0. The normalized spacial score (nSPS) is 10.3. The minimum absolute atomic E-state index is 0.148. The Morgan fingerprint density at radius 2 is 2.00 bits per heavy atom. The van der Waals surface area contributed by atoms with Crippen LogP contribution in [0.15, 0.2) is 60.2 Å². The maximum atomic E-state index is 12.2.